The van der Waals surface area contributed by atoms with Crippen molar-refractivity contribution in [3.8, 4) is 0 Å². The predicted molar refractivity (Wildman–Crippen MR) is 154 cm³/mol. The monoisotopic (exact) mass is 540 g/mol. The van der Waals surface area contributed by atoms with E-state index in [1.54, 1.807) is 0 Å². The Morgan fingerprint density at radius 2 is 1.65 bits per heavy atom. The van der Waals surface area contributed by atoms with Crippen molar-refractivity contribution in [3.63, 3.8) is 0 Å². The Balaban J connectivity index is 0.00000190. The van der Waals surface area contributed by atoms with Gasteiger partial charge >= 0.3 is 0 Å². The molecule has 8 heteroatoms. The number of hydrogen-bond donors (Lipinski definition) is 1. The molecule has 1 amide bonds. The van der Waals surface area contributed by atoms with Gasteiger partial charge in [-0.05, 0) is 79.6 Å². The molecule has 0 radical (unpaired) electrons. The molecule has 3 aromatic carbocycles. The van der Waals surface area contributed by atoms with E-state index in [2.05, 4.69) is 56.5 Å². The second kappa shape index (κ2) is 12.9. The molecule has 0 atom stereocenters. The zero-order chi connectivity index (χ0) is 24.2. The molecule has 1 fully saturated rings. The van der Waals surface area contributed by atoms with Gasteiger partial charge in [0.05, 0.1) is 5.52 Å². The molecule has 5 rings (SSSR count). The number of piperazine rings is 1. The van der Waals surface area contributed by atoms with Gasteiger partial charge < -0.3 is 10.2 Å². The number of fused-ring (bicyclic) bond motifs is 1. The Morgan fingerprint density at radius 3 is 2.41 bits per heavy atom. The summed E-state index contributed by atoms with van der Waals surface area (Å²) < 4.78 is 13.1. The van der Waals surface area contributed by atoms with Crippen LogP contribution in [0, 0.1) is 12.7 Å². The van der Waals surface area contributed by atoms with Crippen molar-refractivity contribution in [2.75, 3.05) is 42.9 Å². The van der Waals surface area contributed by atoms with Gasteiger partial charge in [0.25, 0.3) is 5.91 Å². The van der Waals surface area contributed by atoms with Gasteiger partial charge in [-0.25, -0.2) is 4.39 Å². The van der Waals surface area contributed by atoms with Crippen LogP contribution in [0.15, 0.2) is 78.9 Å². The molecule has 194 valence electrons. The summed E-state index contributed by atoms with van der Waals surface area (Å²) in [6.07, 6.45) is 0.914. The second-order valence-corrected chi connectivity index (χ2v) is 9.04. The summed E-state index contributed by atoms with van der Waals surface area (Å²) >= 11 is 0. The van der Waals surface area contributed by atoms with E-state index < -0.39 is 0 Å². The van der Waals surface area contributed by atoms with Crippen LogP contribution < -0.4 is 10.2 Å². The molecular formula is C29H31Cl2FN4O. The normalized spacial score (nSPS) is 13.5. The molecule has 1 N–H and O–H groups in total. The maximum atomic E-state index is 13.1. The van der Waals surface area contributed by atoms with Crippen molar-refractivity contribution in [2.24, 2.45) is 0 Å². The second-order valence-electron chi connectivity index (χ2n) is 9.04. The molecule has 0 aliphatic carbocycles. The Kier molecular flexibility index (Phi) is 9.86. The van der Waals surface area contributed by atoms with Crippen molar-refractivity contribution in [1.82, 2.24) is 9.88 Å². The highest BCUT2D eigenvalue weighted by molar-refractivity contribution is 6.04. The highest BCUT2D eigenvalue weighted by Crippen LogP contribution is 2.27. The van der Waals surface area contributed by atoms with Crippen LogP contribution in [0.2, 0.25) is 0 Å². The highest BCUT2D eigenvalue weighted by Gasteiger charge is 2.19. The smallest absolute Gasteiger partial charge is 0.255 e. The number of benzene rings is 3. The Labute approximate surface area is 229 Å². The van der Waals surface area contributed by atoms with Crippen LogP contribution in [0.5, 0.6) is 0 Å². The molecule has 0 bridgehead atoms. The van der Waals surface area contributed by atoms with Gasteiger partial charge in [0.1, 0.15) is 5.82 Å². The first-order valence-corrected chi connectivity index (χ1v) is 12.0. The molecule has 1 aliphatic heterocycles. The number of halogens is 3. The van der Waals surface area contributed by atoms with Crippen molar-refractivity contribution in [3.05, 3.63) is 102 Å². The maximum Gasteiger partial charge on any atom is 0.255 e. The third kappa shape index (κ3) is 6.98. The molecule has 0 unspecified atom stereocenters. The summed E-state index contributed by atoms with van der Waals surface area (Å²) in [4.78, 5) is 22.1. The number of rotatable bonds is 6. The zero-order valence-electron chi connectivity index (χ0n) is 20.7. The average Bonchev–Trinajstić information content (AvgIpc) is 2.88. The Morgan fingerprint density at radius 1 is 0.919 bits per heavy atom. The fourth-order valence-corrected chi connectivity index (χ4v) is 4.63. The van der Waals surface area contributed by atoms with E-state index in [0.717, 1.165) is 56.0 Å². The fourth-order valence-electron chi connectivity index (χ4n) is 4.63. The summed E-state index contributed by atoms with van der Waals surface area (Å²) in [6, 6.07) is 24.2. The van der Waals surface area contributed by atoms with E-state index in [1.807, 2.05) is 25.1 Å². The van der Waals surface area contributed by atoms with E-state index >= 15 is 0 Å². The quantitative estimate of drug-likeness (QED) is 0.319. The number of hydrogen-bond acceptors (Lipinski definition) is 4. The summed E-state index contributed by atoms with van der Waals surface area (Å²) in [7, 11) is 0. The number of carbonyl (C=O) groups is 1. The molecule has 0 spiro atoms. The lowest BCUT2D eigenvalue weighted by molar-refractivity contribution is 0.102. The standard InChI is InChI=1S/C29H29FN4O.2ClH/c1-21-8-13-26-27(31-21)6-3-7-28(26)34-18-16-33(17-19-34)15-14-22-4-2-5-25(20-22)32-29(35)23-9-11-24(30)12-10-23;;/h2-13,20H,14-19H2,1H3,(H,32,35);2*1H. The summed E-state index contributed by atoms with van der Waals surface area (Å²) in [5.41, 5.74) is 5.72. The lowest BCUT2D eigenvalue weighted by Gasteiger charge is -2.36. The molecule has 37 heavy (non-hydrogen) atoms. The van der Waals surface area contributed by atoms with Gasteiger partial charge in [-0.2, -0.15) is 0 Å². The number of aromatic nitrogens is 1. The molecular weight excluding hydrogens is 510 g/mol. The third-order valence-electron chi connectivity index (χ3n) is 6.57. The third-order valence-corrected chi connectivity index (χ3v) is 6.57. The van der Waals surface area contributed by atoms with Crippen LogP contribution in [-0.2, 0) is 6.42 Å². The summed E-state index contributed by atoms with van der Waals surface area (Å²) in [5, 5.41) is 4.13. The Hall–Kier alpha value is -3.19. The minimum atomic E-state index is -0.353. The molecule has 1 aliphatic rings. The van der Waals surface area contributed by atoms with Gasteiger partial charge in [0.2, 0.25) is 0 Å². The molecule has 4 aromatic rings. The number of aryl methyl sites for hydroxylation is 1. The van der Waals surface area contributed by atoms with E-state index in [0.29, 0.717) is 5.56 Å². The van der Waals surface area contributed by atoms with E-state index in [1.165, 1.54) is 40.9 Å². The minimum absolute atomic E-state index is 0. The van der Waals surface area contributed by atoms with Crippen LogP contribution in [0.3, 0.4) is 0 Å². The average molecular weight is 541 g/mol. The minimum Gasteiger partial charge on any atom is -0.368 e. The largest absolute Gasteiger partial charge is 0.368 e. The first-order valence-electron chi connectivity index (χ1n) is 12.0. The maximum absolute atomic E-state index is 13.1. The fraction of sp³-hybridized carbons (Fsp3) is 0.241. The lowest BCUT2D eigenvalue weighted by atomic mass is 10.1. The highest BCUT2D eigenvalue weighted by atomic mass is 35.5. The molecule has 0 saturated carbocycles. The predicted octanol–water partition coefficient (Wildman–Crippen LogP) is 6.14. The molecule has 1 saturated heterocycles. The number of amides is 1. The zero-order valence-corrected chi connectivity index (χ0v) is 22.3. The number of pyridine rings is 1. The van der Waals surface area contributed by atoms with Crippen LogP contribution >= 0.6 is 24.8 Å². The number of carbonyl (C=O) groups excluding carboxylic acids is 1. The van der Waals surface area contributed by atoms with Crippen LogP contribution in [0.1, 0.15) is 21.6 Å². The van der Waals surface area contributed by atoms with E-state index in [4.69, 9.17) is 0 Å². The SMILES string of the molecule is Cc1ccc2c(N3CCN(CCc4cccc(NC(=O)c5ccc(F)cc5)c4)CC3)cccc2n1.Cl.Cl. The van der Waals surface area contributed by atoms with Crippen molar-refractivity contribution >= 4 is 53.0 Å². The molecule has 2 heterocycles. The van der Waals surface area contributed by atoms with Gasteiger partial charge in [0, 0.05) is 60.7 Å². The van der Waals surface area contributed by atoms with E-state index in [9.17, 15) is 9.18 Å². The van der Waals surface area contributed by atoms with Crippen LogP contribution in [0.4, 0.5) is 15.8 Å². The topological polar surface area (TPSA) is 48.5 Å². The van der Waals surface area contributed by atoms with Crippen molar-refractivity contribution < 1.29 is 9.18 Å². The van der Waals surface area contributed by atoms with Crippen LogP contribution in [0.25, 0.3) is 10.9 Å². The Bertz CT molecular complexity index is 1340. The summed E-state index contributed by atoms with van der Waals surface area (Å²) in [6.45, 7) is 6.99. The number of nitrogens with zero attached hydrogens (tertiary/aromatic N) is 3. The number of anilines is 2. The molecule has 1 aromatic heterocycles. The van der Waals surface area contributed by atoms with Gasteiger partial charge in [-0.3, -0.25) is 14.7 Å². The van der Waals surface area contributed by atoms with Crippen molar-refractivity contribution in [1.29, 1.82) is 0 Å². The van der Waals surface area contributed by atoms with Gasteiger partial charge in [-0.1, -0.05) is 18.2 Å². The summed E-state index contributed by atoms with van der Waals surface area (Å²) in [5.74, 6) is -0.592. The van der Waals surface area contributed by atoms with Gasteiger partial charge in [0.15, 0.2) is 0 Å². The molecule has 5 nitrogen and oxygen atoms in total. The van der Waals surface area contributed by atoms with Crippen LogP contribution in [-0.4, -0.2) is 48.5 Å². The van der Waals surface area contributed by atoms with Crippen molar-refractivity contribution in [2.45, 2.75) is 13.3 Å². The first-order chi connectivity index (χ1) is 17.0. The van der Waals surface area contributed by atoms with E-state index in [-0.39, 0.29) is 36.5 Å². The lowest BCUT2D eigenvalue weighted by Crippen LogP contribution is -2.47. The number of nitrogens with one attached hydrogen (secondary N) is 1. The first kappa shape index (κ1) is 28.4. The van der Waals surface area contributed by atoms with Gasteiger partial charge in [-0.15, -0.1) is 24.8 Å².